The molecule has 0 aromatic carbocycles. The fourth-order valence-electron chi connectivity index (χ4n) is 2.12. The summed E-state index contributed by atoms with van der Waals surface area (Å²) in [7, 11) is 1.47. The van der Waals surface area contributed by atoms with Gasteiger partial charge in [-0.25, -0.2) is 15.0 Å². The summed E-state index contributed by atoms with van der Waals surface area (Å²) < 4.78 is 4.87. The van der Waals surface area contributed by atoms with Crippen LogP contribution in [0.4, 0.5) is 5.13 Å². The van der Waals surface area contributed by atoms with Crippen LogP contribution in [0.5, 0.6) is 6.01 Å². The number of amides is 1. The highest BCUT2D eigenvalue weighted by atomic mass is 32.1. The summed E-state index contributed by atoms with van der Waals surface area (Å²) >= 11 is 1.36. The van der Waals surface area contributed by atoms with E-state index in [9.17, 15) is 4.79 Å². The van der Waals surface area contributed by atoms with Crippen LogP contribution in [0.15, 0.2) is 36.1 Å². The lowest BCUT2D eigenvalue weighted by Gasteiger charge is -2.03. The van der Waals surface area contributed by atoms with Gasteiger partial charge in [-0.15, -0.1) is 11.3 Å². The third-order valence-electron chi connectivity index (χ3n) is 3.30. The van der Waals surface area contributed by atoms with Gasteiger partial charge in [0, 0.05) is 35.2 Å². The molecule has 0 saturated carbocycles. The Labute approximate surface area is 142 Å². The van der Waals surface area contributed by atoms with Crippen molar-refractivity contribution in [3.63, 3.8) is 0 Å². The lowest BCUT2D eigenvalue weighted by atomic mass is 10.1. The highest BCUT2D eigenvalue weighted by Crippen LogP contribution is 2.27. The minimum Gasteiger partial charge on any atom is -0.467 e. The third kappa shape index (κ3) is 3.38. The number of carbonyl (C=O) groups is 1. The molecule has 0 bridgehead atoms. The van der Waals surface area contributed by atoms with Crippen molar-refractivity contribution in [1.29, 1.82) is 0 Å². The average Bonchev–Trinajstić information content (AvgIpc) is 3.10. The van der Waals surface area contributed by atoms with Crippen LogP contribution in [0.3, 0.4) is 0 Å². The smallest absolute Gasteiger partial charge is 0.316 e. The van der Waals surface area contributed by atoms with Gasteiger partial charge in [0.05, 0.1) is 18.4 Å². The monoisotopic (exact) mass is 341 g/mol. The first-order chi connectivity index (χ1) is 11.7. The molecule has 24 heavy (non-hydrogen) atoms. The van der Waals surface area contributed by atoms with Gasteiger partial charge in [-0.3, -0.25) is 15.1 Å². The van der Waals surface area contributed by atoms with Gasteiger partial charge >= 0.3 is 6.01 Å². The van der Waals surface area contributed by atoms with Crippen molar-refractivity contribution in [2.45, 2.75) is 13.3 Å². The summed E-state index contributed by atoms with van der Waals surface area (Å²) in [6, 6.07) is 4.07. The maximum absolute atomic E-state index is 12.2. The molecule has 3 aromatic rings. The number of anilines is 1. The molecule has 3 aromatic heterocycles. The van der Waals surface area contributed by atoms with E-state index in [2.05, 4.69) is 25.3 Å². The van der Waals surface area contributed by atoms with E-state index in [0.717, 1.165) is 23.4 Å². The number of methoxy groups -OCH3 is 1. The van der Waals surface area contributed by atoms with Crippen molar-refractivity contribution in [2.75, 3.05) is 12.4 Å². The normalized spacial score (nSPS) is 10.4. The molecular weight excluding hydrogens is 326 g/mol. The average molecular weight is 341 g/mol. The summed E-state index contributed by atoms with van der Waals surface area (Å²) in [4.78, 5) is 28.9. The first-order valence-electron chi connectivity index (χ1n) is 7.28. The SMILES string of the molecule is CCc1ncccc1-c1csc(NC(=O)c2cnc(OC)nc2)n1. The number of aromatic nitrogens is 4. The van der Waals surface area contributed by atoms with Crippen LogP contribution in [-0.2, 0) is 6.42 Å². The highest BCUT2D eigenvalue weighted by Gasteiger charge is 2.13. The molecule has 0 aliphatic carbocycles. The predicted molar refractivity (Wildman–Crippen MR) is 91.3 cm³/mol. The number of hydrogen-bond acceptors (Lipinski definition) is 7. The molecule has 1 N–H and O–H groups in total. The molecule has 0 radical (unpaired) electrons. The van der Waals surface area contributed by atoms with E-state index in [1.54, 1.807) is 6.20 Å². The van der Waals surface area contributed by atoms with Gasteiger partial charge in [0.2, 0.25) is 0 Å². The fourth-order valence-corrected chi connectivity index (χ4v) is 2.82. The third-order valence-corrected chi connectivity index (χ3v) is 4.06. The lowest BCUT2D eigenvalue weighted by molar-refractivity contribution is 0.102. The highest BCUT2D eigenvalue weighted by molar-refractivity contribution is 7.14. The van der Waals surface area contributed by atoms with E-state index in [1.165, 1.54) is 30.8 Å². The standard InChI is InChI=1S/C16H15N5O2S/c1-3-12-11(5-4-6-17-12)13-9-24-16(20-13)21-14(22)10-7-18-15(23-2)19-8-10/h4-9H,3H2,1-2H3,(H,20,21,22). The number of thiazole rings is 1. The van der Waals surface area contributed by atoms with Crippen LogP contribution in [0.1, 0.15) is 23.0 Å². The minimum atomic E-state index is -0.319. The number of hydrogen-bond donors (Lipinski definition) is 1. The first-order valence-corrected chi connectivity index (χ1v) is 8.16. The number of nitrogens with one attached hydrogen (secondary N) is 1. The number of aryl methyl sites for hydroxylation is 1. The second kappa shape index (κ2) is 7.14. The minimum absolute atomic E-state index is 0.215. The topological polar surface area (TPSA) is 89.9 Å². The van der Waals surface area contributed by atoms with Crippen molar-refractivity contribution in [1.82, 2.24) is 19.9 Å². The summed E-state index contributed by atoms with van der Waals surface area (Å²) in [6.07, 6.45) is 5.40. The summed E-state index contributed by atoms with van der Waals surface area (Å²) in [6.45, 7) is 2.05. The number of nitrogens with zero attached hydrogens (tertiary/aromatic N) is 4. The Kier molecular flexibility index (Phi) is 4.76. The molecule has 0 aliphatic rings. The van der Waals surface area contributed by atoms with E-state index in [0.29, 0.717) is 10.7 Å². The van der Waals surface area contributed by atoms with Crippen LogP contribution in [0.2, 0.25) is 0 Å². The molecule has 3 heterocycles. The van der Waals surface area contributed by atoms with Crippen molar-refractivity contribution in [2.24, 2.45) is 0 Å². The number of carbonyl (C=O) groups excluding carboxylic acids is 1. The quantitative estimate of drug-likeness (QED) is 0.767. The van der Waals surface area contributed by atoms with Gasteiger partial charge in [0.15, 0.2) is 5.13 Å². The molecule has 0 aliphatic heterocycles. The van der Waals surface area contributed by atoms with Crippen LogP contribution < -0.4 is 10.1 Å². The summed E-state index contributed by atoms with van der Waals surface area (Å²) in [5.41, 5.74) is 3.09. The fraction of sp³-hybridized carbons (Fsp3) is 0.188. The molecule has 0 spiro atoms. The molecular formula is C16H15N5O2S. The Morgan fingerprint density at radius 1 is 1.29 bits per heavy atom. The van der Waals surface area contributed by atoms with Gasteiger partial charge in [-0.1, -0.05) is 6.92 Å². The van der Waals surface area contributed by atoms with Gasteiger partial charge < -0.3 is 4.74 Å². The Hall–Kier alpha value is -2.87. The van der Waals surface area contributed by atoms with E-state index in [1.807, 2.05) is 24.4 Å². The Bertz CT molecular complexity index is 848. The van der Waals surface area contributed by atoms with Crippen LogP contribution in [-0.4, -0.2) is 33.0 Å². The Morgan fingerprint density at radius 2 is 2.08 bits per heavy atom. The van der Waals surface area contributed by atoms with Crippen LogP contribution in [0.25, 0.3) is 11.3 Å². The second-order valence-corrected chi connectivity index (χ2v) is 5.66. The van der Waals surface area contributed by atoms with E-state index >= 15 is 0 Å². The molecule has 0 saturated heterocycles. The first kappa shape index (κ1) is 16.0. The molecule has 0 atom stereocenters. The zero-order valence-corrected chi connectivity index (χ0v) is 14.0. The molecule has 3 rings (SSSR count). The summed E-state index contributed by atoms with van der Waals surface area (Å²) in [5, 5.41) is 5.16. The number of pyridine rings is 1. The van der Waals surface area contributed by atoms with Crippen molar-refractivity contribution >= 4 is 22.4 Å². The van der Waals surface area contributed by atoms with Gasteiger partial charge in [-0.2, -0.15) is 0 Å². The summed E-state index contributed by atoms with van der Waals surface area (Å²) in [5.74, 6) is -0.319. The molecule has 7 nitrogen and oxygen atoms in total. The maximum atomic E-state index is 12.2. The van der Waals surface area contributed by atoms with Crippen molar-refractivity contribution in [3.05, 3.63) is 47.4 Å². The van der Waals surface area contributed by atoms with Crippen molar-refractivity contribution in [3.8, 4) is 17.3 Å². The van der Waals surface area contributed by atoms with Crippen molar-refractivity contribution < 1.29 is 9.53 Å². The zero-order valence-electron chi connectivity index (χ0n) is 13.2. The Balaban J connectivity index is 1.77. The molecule has 1 amide bonds. The van der Waals surface area contributed by atoms with E-state index in [4.69, 9.17) is 4.74 Å². The Morgan fingerprint density at radius 3 is 2.79 bits per heavy atom. The maximum Gasteiger partial charge on any atom is 0.316 e. The van der Waals surface area contributed by atoms with Gasteiger partial charge in [0.25, 0.3) is 5.91 Å². The molecule has 8 heteroatoms. The molecule has 0 unspecified atom stereocenters. The number of ether oxygens (including phenoxy) is 1. The van der Waals surface area contributed by atoms with Gasteiger partial charge in [-0.05, 0) is 18.6 Å². The van der Waals surface area contributed by atoms with Crippen LogP contribution in [0, 0.1) is 0 Å². The lowest BCUT2D eigenvalue weighted by Crippen LogP contribution is -2.12. The van der Waals surface area contributed by atoms with E-state index < -0.39 is 0 Å². The van der Waals surface area contributed by atoms with E-state index in [-0.39, 0.29) is 11.9 Å². The number of rotatable bonds is 5. The van der Waals surface area contributed by atoms with Gasteiger partial charge in [0.1, 0.15) is 0 Å². The zero-order chi connectivity index (χ0) is 16.9. The molecule has 0 fully saturated rings. The second-order valence-electron chi connectivity index (χ2n) is 4.80. The molecule has 122 valence electrons. The largest absolute Gasteiger partial charge is 0.467 e. The predicted octanol–water partition coefficient (Wildman–Crippen LogP) is 2.82. The van der Waals surface area contributed by atoms with Crippen LogP contribution >= 0.6 is 11.3 Å².